The minimum atomic E-state index is -0.554. The summed E-state index contributed by atoms with van der Waals surface area (Å²) in [6, 6.07) is 10.0. The van der Waals surface area contributed by atoms with Crippen molar-refractivity contribution in [1.29, 1.82) is 5.26 Å². The number of hydrogen-bond donors (Lipinski definition) is 2. The molecule has 0 fully saturated rings. The maximum atomic E-state index is 9.70. The van der Waals surface area contributed by atoms with Crippen LogP contribution in [0.3, 0.4) is 0 Å². The van der Waals surface area contributed by atoms with Gasteiger partial charge >= 0.3 is 0 Å². The standard InChI is InChI=1S/C18H15ClN2O4/c1-23-15-6-11(13(19)7-16(15)24-2)17-10-4-3-9(22)5-14(10)25-18(21)12(17)8-20/h3-7,17,22H,21H2,1-2H3/t17-/m1/s1. The van der Waals surface area contributed by atoms with E-state index >= 15 is 0 Å². The van der Waals surface area contributed by atoms with Gasteiger partial charge in [0, 0.05) is 22.7 Å². The van der Waals surface area contributed by atoms with E-state index in [1.54, 1.807) is 18.2 Å². The third kappa shape index (κ3) is 2.79. The lowest BCUT2D eigenvalue weighted by Crippen LogP contribution is -2.21. The van der Waals surface area contributed by atoms with Gasteiger partial charge in [0.2, 0.25) is 5.88 Å². The number of allylic oxidation sites excluding steroid dienone is 1. The van der Waals surface area contributed by atoms with Crippen molar-refractivity contribution in [3.8, 4) is 29.1 Å². The fourth-order valence-electron chi connectivity index (χ4n) is 2.85. The SMILES string of the molecule is COc1cc(Cl)c([C@@H]2C(C#N)=C(N)Oc3cc(O)ccc32)cc1OC. The van der Waals surface area contributed by atoms with Gasteiger partial charge in [-0.25, -0.2) is 0 Å². The minimum absolute atomic E-state index is 0.0311. The molecular formula is C18H15ClN2O4. The Labute approximate surface area is 149 Å². The van der Waals surface area contributed by atoms with Gasteiger partial charge in [-0.05, 0) is 17.7 Å². The van der Waals surface area contributed by atoms with Crippen LogP contribution in [0.2, 0.25) is 5.02 Å². The van der Waals surface area contributed by atoms with Crippen LogP contribution in [0, 0.1) is 11.3 Å². The molecule has 1 atom stereocenters. The predicted molar refractivity (Wildman–Crippen MR) is 92.0 cm³/mol. The van der Waals surface area contributed by atoms with Crippen molar-refractivity contribution < 1.29 is 19.3 Å². The summed E-state index contributed by atoms with van der Waals surface area (Å²) in [5.74, 6) is 0.767. The number of fused-ring (bicyclic) bond motifs is 1. The molecule has 0 radical (unpaired) electrons. The Morgan fingerprint density at radius 1 is 1.16 bits per heavy atom. The molecule has 0 bridgehead atoms. The second kappa shape index (κ2) is 6.46. The minimum Gasteiger partial charge on any atom is -0.508 e. The van der Waals surface area contributed by atoms with Crippen LogP contribution < -0.4 is 19.9 Å². The normalized spacial score (nSPS) is 15.8. The fourth-order valence-corrected chi connectivity index (χ4v) is 3.12. The number of hydrogen-bond acceptors (Lipinski definition) is 6. The monoisotopic (exact) mass is 358 g/mol. The Balaban J connectivity index is 2.27. The van der Waals surface area contributed by atoms with E-state index in [4.69, 9.17) is 31.5 Å². The Kier molecular flexibility index (Phi) is 4.34. The van der Waals surface area contributed by atoms with Crippen molar-refractivity contribution in [2.75, 3.05) is 14.2 Å². The second-order valence-corrected chi connectivity index (χ2v) is 5.78. The van der Waals surface area contributed by atoms with Gasteiger partial charge in [-0.1, -0.05) is 17.7 Å². The Hall–Kier alpha value is -3.04. The summed E-state index contributed by atoms with van der Waals surface area (Å²) < 4.78 is 16.1. The number of nitrogens with two attached hydrogens (primary N) is 1. The number of aromatic hydroxyl groups is 1. The smallest absolute Gasteiger partial charge is 0.205 e. The van der Waals surface area contributed by atoms with Crippen molar-refractivity contribution in [3.05, 3.63) is 57.9 Å². The summed E-state index contributed by atoms with van der Waals surface area (Å²) in [6.45, 7) is 0. The zero-order valence-electron chi connectivity index (χ0n) is 13.5. The fraction of sp³-hybridized carbons (Fsp3) is 0.167. The first-order valence-corrected chi connectivity index (χ1v) is 7.69. The summed E-state index contributed by atoms with van der Waals surface area (Å²) in [7, 11) is 3.03. The topological polar surface area (TPSA) is 97.7 Å². The number of methoxy groups -OCH3 is 2. The van der Waals surface area contributed by atoms with E-state index in [1.165, 1.54) is 26.4 Å². The van der Waals surface area contributed by atoms with Gasteiger partial charge < -0.3 is 25.1 Å². The zero-order chi connectivity index (χ0) is 18.1. The first kappa shape index (κ1) is 16.8. The first-order valence-electron chi connectivity index (χ1n) is 7.32. The van der Waals surface area contributed by atoms with Crippen LogP contribution >= 0.6 is 11.6 Å². The molecule has 7 heteroatoms. The summed E-state index contributed by atoms with van der Waals surface area (Å²) in [4.78, 5) is 0. The van der Waals surface area contributed by atoms with Crippen LogP contribution in [0.5, 0.6) is 23.0 Å². The van der Waals surface area contributed by atoms with Crippen molar-refractivity contribution in [2.45, 2.75) is 5.92 Å². The molecule has 0 saturated carbocycles. The number of nitrogens with zero attached hydrogens (tertiary/aromatic N) is 1. The van der Waals surface area contributed by atoms with E-state index in [-0.39, 0.29) is 17.2 Å². The van der Waals surface area contributed by atoms with E-state index in [0.717, 1.165) is 0 Å². The highest BCUT2D eigenvalue weighted by Gasteiger charge is 2.33. The number of phenols is 1. The second-order valence-electron chi connectivity index (χ2n) is 5.38. The predicted octanol–water partition coefficient (Wildman–Crippen LogP) is 3.28. The summed E-state index contributed by atoms with van der Waals surface area (Å²) in [6.07, 6.45) is 0. The van der Waals surface area contributed by atoms with E-state index in [9.17, 15) is 10.4 Å². The molecule has 0 unspecified atom stereocenters. The van der Waals surface area contributed by atoms with E-state index in [1.807, 2.05) is 0 Å². The number of nitriles is 1. The van der Waals surface area contributed by atoms with Gasteiger partial charge in [-0.15, -0.1) is 0 Å². The number of ether oxygens (including phenoxy) is 3. The van der Waals surface area contributed by atoms with Crippen LogP contribution in [-0.4, -0.2) is 19.3 Å². The molecule has 0 aliphatic carbocycles. The van der Waals surface area contributed by atoms with Gasteiger partial charge in [0.05, 0.1) is 20.1 Å². The highest BCUT2D eigenvalue weighted by molar-refractivity contribution is 6.31. The maximum Gasteiger partial charge on any atom is 0.205 e. The lowest BCUT2D eigenvalue weighted by atomic mass is 9.83. The molecule has 3 N–H and O–H groups in total. The molecular weight excluding hydrogens is 344 g/mol. The van der Waals surface area contributed by atoms with Crippen LogP contribution in [0.15, 0.2) is 41.8 Å². The van der Waals surface area contributed by atoms with Gasteiger partial charge in [-0.3, -0.25) is 0 Å². The summed E-state index contributed by atoms with van der Waals surface area (Å²) in [5, 5.41) is 19.7. The van der Waals surface area contributed by atoms with Gasteiger partial charge in [-0.2, -0.15) is 5.26 Å². The third-order valence-corrected chi connectivity index (χ3v) is 4.34. The molecule has 2 aromatic rings. The molecule has 25 heavy (non-hydrogen) atoms. The lowest BCUT2D eigenvalue weighted by Gasteiger charge is -2.27. The van der Waals surface area contributed by atoms with Crippen molar-refractivity contribution in [1.82, 2.24) is 0 Å². The molecule has 3 rings (SSSR count). The first-order chi connectivity index (χ1) is 12.0. The molecule has 0 aromatic heterocycles. The van der Waals surface area contributed by atoms with Crippen molar-refractivity contribution in [3.63, 3.8) is 0 Å². The Morgan fingerprint density at radius 3 is 2.48 bits per heavy atom. The van der Waals surface area contributed by atoms with Crippen LogP contribution in [0.4, 0.5) is 0 Å². The van der Waals surface area contributed by atoms with E-state index in [2.05, 4.69) is 6.07 Å². The van der Waals surface area contributed by atoms with Gasteiger partial charge in [0.15, 0.2) is 11.5 Å². The molecule has 1 heterocycles. The molecule has 2 aromatic carbocycles. The molecule has 1 aliphatic rings. The third-order valence-electron chi connectivity index (χ3n) is 4.02. The maximum absolute atomic E-state index is 9.70. The van der Waals surface area contributed by atoms with Crippen LogP contribution in [-0.2, 0) is 0 Å². The molecule has 6 nitrogen and oxygen atoms in total. The van der Waals surface area contributed by atoms with Gasteiger partial charge in [0.25, 0.3) is 0 Å². The molecule has 0 spiro atoms. The summed E-state index contributed by atoms with van der Waals surface area (Å²) >= 11 is 6.44. The molecule has 128 valence electrons. The summed E-state index contributed by atoms with van der Waals surface area (Å²) in [5.41, 5.74) is 7.43. The number of phenolic OH excluding ortho intramolecular Hbond substituents is 1. The van der Waals surface area contributed by atoms with Gasteiger partial charge in [0.1, 0.15) is 23.1 Å². The van der Waals surface area contributed by atoms with E-state index in [0.29, 0.717) is 33.4 Å². The van der Waals surface area contributed by atoms with Crippen LogP contribution in [0.1, 0.15) is 17.0 Å². The lowest BCUT2D eigenvalue weighted by molar-refractivity contribution is 0.354. The molecule has 0 amide bonds. The highest BCUT2D eigenvalue weighted by atomic mass is 35.5. The highest BCUT2D eigenvalue weighted by Crippen LogP contribution is 2.47. The average Bonchev–Trinajstić information content (AvgIpc) is 2.60. The molecule has 1 aliphatic heterocycles. The Morgan fingerprint density at radius 2 is 1.84 bits per heavy atom. The largest absolute Gasteiger partial charge is 0.508 e. The quantitative estimate of drug-likeness (QED) is 0.873. The average molecular weight is 359 g/mol. The van der Waals surface area contributed by atoms with Crippen molar-refractivity contribution >= 4 is 11.6 Å². The number of benzene rings is 2. The number of rotatable bonds is 3. The van der Waals surface area contributed by atoms with Crippen molar-refractivity contribution in [2.24, 2.45) is 5.73 Å². The van der Waals surface area contributed by atoms with E-state index < -0.39 is 5.92 Å². The molecule has 0 saturated heterocycles. The van der Waals surface area contributed by atoms with Crippen LogP contribution in [0.25, 0.3) is 0 Å². The Bertz CT molecular complexity index is 918. The zero-order valence-corrected chi connectivity index (χ0v) is 14.3. The number of halogens is 1.